The van der Waals surface area contributed by atoms with Crippen LogP contribution >= 0.6 is 0 Å². The molecule has 1 aromatic rings. The van der Waals surface area contributed by atoms with Gasteiger partial charge in [-0.05, 0) is 32.4 Å². The molecule has 3 nitrogen and oxygen atoms in total. The zero-order valence-corrected chi connectivity index (χ0v) is 10.6. The number of hydrogen-bond acceptors (Lipinski definition) is 3. The third-order valence-electron chi connectivity index (χ3n) is 3.61. The average Bonchev–Trinajstić information content (AvgIpc) is 2.34. The summed E-state index contributed by atoms with van der Waals surface area (Å²) in [5.74, 6) is 1.04. The second-order valence-corrected chi connectivity index (χ2v) is 4.81. The van der Waals surface area contributed by atoms with Crippen LogP contribution in [0.25, 0.3) is 0 Å². The van der Waals surface area contributed by atoms with E-state index in [-0.39, 0.29) is 0 Å². The summed E-state index contributed by atoms with van der Waals surface area (Å²) in [5.41, 5.74) is 0.986. The first-order valence-electron chi connectivity index (χ1n) is 6.30. The van der Waals surface area contributed by atoms with Crippen molar-refractivity contribution in [2.75, 3.05) is 13.7 Å². The molecule has 1 heterocycles. The van der Waals surface area contributed by atoms with Gasteiger partial charge in [-0.15, -0.1) is 0 Å². The molecule has 0 amide bonds. The van der Waals surface area contributed by atoms with Crippen molar-refractivity contribution in [1.82, 2.24) is 4.90 Å². The number of phenolic OH excluding ortho intramolecular Hbond substituents is 1. The van der Waals surface area contributed by atoms with Crippen molar-refractivity contribution in [3.63, 3.8) is 0 Å². The maximum Gasteiger partial charge on any atom is 0.123 e. The van der Waals surface area contributed by atoms with Crippen molar-refractivity contribution in [2.24, 2.45) is 0 Å². The van der Waals surface area contributed by atoms with Gasteiger partial charge < -0.3 is 9.84 Å². The van der Waals surface area contributed by atoms with E-state index < -0.39 is 0 Å². The predicted octanol–water partition coefficient (Wildman–Crippen LogP) is 2.78. The molecule has 1 N–H and O–H groups in total. The summed E-state index contributed by atoms with van der Waals surface area (Å²) in [6.07, 6.45) is 3.85. The highest BCUT2D eigenvalue weighted by molar-refractivity contribution is 5.39. The van der Waals surface area contributed by atoms with Crippen molar-refractivity contribution < 1.29 is 9.84 Å². The fraction of sp³-hybridized carbons (Fsp3) is 0.571. The Morgan fingerprint density at radius 3 is 2.88 bits per heavy atom. The van der Waals surface area contributed by atoms with Gasteiger partial charge in [0.25, 0.3) is 0 Å². The number of benzene rings is 1. The SMILES string of the molecule is COc1ccc(CN2CCCCC2C)c(O)c1. The summed E-state index contributed by atoms with van der Waals surface area (Å²) in [6.45, 7) is 4.23. The molecule has 1 aromatic carbocycles. The molecule has 3 heteroatoms. The van der Waals surface area contributed by atoms with E-state index in [9.17, 15) is 5.11 Å². The lowest BCUT2D eigenvalue weighted by atomic mass is 10.0. The monoisotopic (exact) mass is 235 g/mol. The maximum atomic E-state index is 9.93. The molecule has 0 aromatic heterocycles. The molecule has 0 aliphatic carbocycles. The van der Waals surface area contributed by atoms with E-state index in [1.54, 1.807) is 13.2 Å². The quantitative estimate of drug-likeness (QED) is 0.874. The molecule has 1 atom stereocenters. The van der Waals surface area contributed by atoms with Gasteiger partial charge >= 0.3 is 0 Å². The van der Waals surface area contributed by atoms with Crippen molar-refractivity contribution in [3.8, 4) is 11.5 Å². The van der Waals surface area contributed by atoms with E-state index >= 15 is 0 Å². The first kappa shape index (κ1) is 12.2. The van der Waals surface area contributed by atoms with E-state index in [4.69, 9.17) is 4.74 Å². The lowest BCUT2D eigenvalue weighted by molar-refractivity contribution is 0.151. The van der Waals surface area contributed by atoms with Crippen molar-refractivity contribution in [3.05, 3.63) is 23.8 Å². The summed E-state index contributed by atoms with van der Waals surface area (Å²) in [4.78, 5) is 2.44. The summed E-state index contributed by atoms with van der Waals surface area (Å²) in [6, 6.07) is 6.16. The lowest BCUT2D eigenvalue weighted by Gasteiger charge is -2.33. The Bertz CT molecular complexity index is 378. The van der Waals surface area contributed by atoms with E-state index in [2.05, 4.69) is 11.8 Å². The molecule has 17 heavy (non-hydrogen) atoms. The van der Waals surface area contributed by atoms with Crippen LogP contribution in [0.2, 0.25) is 0 Å². The van der Waals surface area contributed by atoms with Crippen LogP contribution in [0.4, 0.5) is 0 Å². The third kappa shape index (κ3) is 2.91. The van der Waals surface area contributed by atoms with Gasteiger partial charge in [0.2, 0.25) is 0 Å². The van der Waals surface area contributed by atoms with Crippen LogP contribution in [0.5, 0.6) is 11.5 Å². The van der Waals surface area contributed by atoms with E-state index in [0.717, 1.165) is 18.7 Å². The maximum absolute atomic E-state index is 9.93. The van der Waals surface area contributed by atoms with Crippen molar-refractivity contribution in [1.29, 1.82) is 0 Å². The molecule has 1 saturated heterocycles. The summed E-state index contributed by atoms with van der Waals surface area (Å²) >= 11 is 0. The topological polar surface area (TPSA) is 32.7 Å². The number of ether oxygens (including phenoxy) is 1. The first-order chi connectivity index (χ1) is 8.20. The minimum Gasteiger partial charge on any atom is -0.507 e. The summed E-state index contributed by atoms with van der Waals surface area (Å²) in [5, 5.41) is 9.93. The van der Waals surface area contributed by atoms with Crippen molar-refractivity contribution in [2.45, 2.75) is 38.8 Å². The number of rotatable bonds is 3. The van der Waals surface area contributed by atoms with Gasteiger partial charge in [-0.3, -0.25) is 4.90 Å². The Balaban J connectivity index is 2.07. The Kier molecular flexibility index (Phi) is 3.89. The van der Waals surface area contributed by atoms with Gasteiger partial charge in [0.1, 0.15) is 11.5 Å². The molecule has 0 saturated carbocycles. The zero-order chi connectivity index (χ0) is 12.3. The molecule has 0 radical (unpaired) electrons. The molecule has 0 bridgehead atoms. The number of methoxy groups -OCH3 is 1. The predicted molar refractivity (Wildman–Crippen MR) is 68.4 cm³/mol. The number of aromatic hydroxyl groups is 1. The fourth-order valence-electron chi connectivity index (χ4n) is 2.42. The van der Waals surface area contributed by atoms with Crippen LogP contribution in [-0.2, 0) is 6.54 Å². The third-order valence-corrected chi connectivity index (χ3v) is 3.61. The zero-order valence-electron chi connectivity index (χ0n) is 10.6. The molecule has 1 aliphatic heterocycles. The molecular weight excluding hydrogens is 214 g/mol. The summed E-state index contributed by atoms with van der Waals surface area (Å²) in [7, 11) is 1.61. The van der Waals surface area contributed by atoms with Crippen molar-refractivity contribution >= 4 is 0 Å². The lowest BCUT2D eigenvalue weighted by Crippen LogP contribution is -2.36. The standard InChI is InChI=1S/C14H21NO2/c1-11-5-3-4-8-15(11)10-12-6-7-13(17-2)9-14(12)16/h6-7,9,11,16H,3-5,8,10H2,1-2H3. The molecular formula is C14H21NO2. The smallest absolute Gasteiger partial charge is 0.123 e. The van der Waals surface area contributed by atoms with Gasteiger partial charge in [-0.1, -0.05) is 12.5 Å². The highest BCUT2D eigenvalue weighted by atomic mass is 16.5. The molecule has 2 rings (SSSR count). The van der Waals surface area contributed by atoms with Gasteiger partial charge in [0, 0.05) is 24.2 Å². The van der Waals surface area contributed by atoms with Crippen LogP contribution in [0.1, 0.15) is 31.7 Å². The number of hydrogen-bond donors (Lipinski definition) is 1. The minimum atomic E-state index is 0.335. The van der Waals surface area contributed by atoms with E-state index in [1.165, 1.54) is 19.3 Å². The molecule has 94 valence electrons. The minimum absolute atomic E-state index is 0.335. The molecule has 1 unspecified atom stereocenters. The van der Waals surface area contributed by atoms with E-state index in [0.29, 0.717) is 17.5 Å². The number of nitrogens with zero attached hydrogens (tertiary/aromatic N) is 1. The van der Waals surface area contributed by atoms with Gasteiger partial charge in [-0.2, -0.15) is 0 Å². The normalized spacial score (nSPS) is 21.4. The molecule has 0 spiro atoms. The van der Waals surface area contributed by atoms with Crippen LogP contribution < -0.4 is 4.74 Å². The first-order valence-corrected chi connectivity index (χ1v) is 6.30. The molecule has 1 aliphatic rings. The van der Waals surface area contributed by atoms with Crippen LogP contribution in [0.3, 0.4) is 0 Å². The average molecular weight is 235 g/mol. The highest BCUT2D eigenvalue weighted by Crippen LogP contribution is 2.27. The van der Waals surface area contributed by atoms with Crippen LogP contribution in [-0.4, -0.2) is 29.7 Å². The second-order valence-electron chi connectivity index (χ2n) is 4.81. The van der Waals surface area contributed by atoms with Gasteiger partial charge in [0.15, 0.2) is 0 Å². The largest absolute Gasteiger partial charge is 0.507 e. The highest BCUT2D eigenvalue weighted by Gasteiger charge is 2.19. The number of likely N-dealkylation sites (tertiary alicyclic amines) is 1. The molecule has 1 fully saturated rings. The second kappa shape index (κ2) is 5.41. The van der Waals surface area contributed by atoms with Crippen LogP contribution in [0, 0.1) is 0 Å². The van der Waals surface area contributed by atoms with Crippen LogP contribution in [0.15, 0.2) is 18.2 Å². The van der Waals surface area contributed by atoms with Gasteiger partial charge in [-0.25, -0.2) is 0 Å². The van der Waals surface area contributed by atoms with E-state index in [1.807, 2.05) is 12.1 Å². The Morgan fingerprint density at radius 2 is 2.24 bits per heavy atom. The number of phenols is 1. The van der Waals surface area contributed by atoms with Gasteiger partial charge in [0.05, 0.1) is 7.11 Å². The Labute approximate surface area is 103 Å². The fourth-order valence-corrected chi connectivity index (χ4v) is 2.42. The number of piperidine rings is 1. The Morgan fingerprint density at radius 1 is 1.41 bits per heavy atom. The Hall–Kier alpha value is -1.22. The summed E-state index contributed by atoms with van der Waals surface area (Å²) < 4.78 is 5.09.